The van der Waals surface area contributed by atoms with E-state index in [0.717, 1.165) is 11.5 Å². The molecule has 0 N–H and O–H groups in total. The van der Waals surface area contributed by atoms with Crippen molar-refractivity contribution in [2.45, 2.75) is 64.0 Å². The summed E-state index contributed by atoms with van der Waals surface area (Å²) < 4.78 is 13.0. The number of rotatable bonds is 10. The van der Waals surface area contributed by atoms with Gasteiger partial charge in [0.05, 0.1) is 0 Å². The summed E-state index contributed by atoms with van der Waals surface area (Å²) in [4.78, 5) is 0. The van der Waals surface area contributed by atoms with Crippen molar-refractivity contribution in [3.8, 4) is 0 Å². The molecule has 2 nitrogen and oxygen atoms in total. The van der Waals surface area contributed by atoms with Gasteiger partial charge in [-0.1, -0.05) is 38.1 Å². The summed E-state index contributed by atoms with van der Waals surface area (Å²) in [5, 5.41) is 0. The van der Waals surface area contributed by atoms with Crippen LogP contribution in [-0.4, -0.2) is 28.1 Å². The summed E-state index contributed by atoms with van der Waals surface area (Å²) in [5.74, 6) is 2.09. The van der Waals surface area contributed by atoms with Gasteiger partial charge in [0, 0.05) is 0 Å². The van der Waals surface area contributed by atoms with Crippen LogP contribution in [-0.2, 0) is 8.85 Å². The van der Waals surface area contributed by atoms with E-state index < -0.39 is 16.6 Å². The Bertz CT molecular complexity index is 454. The quantitative estimate of drug-likeness (QED) is 0.313. The largest absolute Gasteiger partial charge is 0.402 e. The first-order valence-electron chi connectivity index (χ1n) is 8.75. The molecule has 0 amide bonds. The predicted octanol–water partition coefficient (Wildman–Crippen LogP) is 6.89. The van der Waals surface area contributed by atoms with E-state index in [1.165, 1.54) is 11.1 Å². The molecule has 0 radical (unpaired) electrons. The third-order valence-electron chi connectivity index (χ3n) is 3.06. The third kappa shape index (κ3) is 8.10. The lowest BCUT2D eigenvalue weighted by atomic mass is 10.1. The van der Waals surface area contributed by atoms with Crippen molar-refractivity contribution in [1.82, 2.24) is 0 Å². The summed E-state index contributed by atoms with van der Waals surface area (Å²) in [6, 6.07) is 8.69. The van der Waals surface area contributed by atoms with Crippen molar-refractivity contribution < 1.29 is 8.85 Å². The third-order valence-corrected chi connectivity index (χ3v) is 7.26. The zero-order valence-corrected chi connectivity index (χ0v) is 20.1. The van der Waals surface area contributed by atoms with Gasteiger partial charge in [-0.25, -0.2) is 0 Å². The van der Waals surface area contributed by atoms with Crippen LogP contribution in [0, 0.1) is 0 Å². The Morgan fingerprint density at radius 2 is 1.08 bits per heavy atom. The van der Waals surface area contributed by atoms with E-state index in [1.54, 1.807) is 0 Å². The molecule has 0 aliphatic rings. The van der Waals surface area contributed by atoms with Gasteiger partial charge < -0.3 is 8.85 Å². The maximum absolute atomic E-state index is 6.51. The molecule has 0 aliphatic heterocycles. The van der Waals surface area contributed by atoms with Crippen LogP contribution in [0.1, 0.15) is 35.8 Å². The van der Waals surface area contributed by atoms with Gasteiger partial charge in [-0.05, 0) is 61.9 Å². The smallest absolute Gasteiger partial charge is 0.185 e. The van der Waals surface area contributed by atoms with Gasteiger partial charge in [-0.3, -0.25) is 0 Å². The molecule has 0 fully saturated rings. The molecule has 1 aromatic carbocycles. The van der Waals surface area contributed by atoms with Crippen LogP contribution in [0.4, 0.5) is 0 Å². The minimum absolute atomic E-state index is 0.100. The van der Waals surface area contributed by atoms with Crippen molar-refractivity contribution in [3.63, 3.8) is 0 Å². The van der Waals surface area contributed by atoms with Crippen LogP contribution in [0.5, 0.6) is 0 Å². The Morgan fingerprint density at radius 1 is 0.750 bits per heavy atom. The number of hydrogen-bond acceptors (Lipinski definition) is 4. The molecule has 0 heterocycles. The van der Waals surface area contributed by atoms with E-state index in [0.29, 0.717) is 0 Å². The van der Waals surface area contributed by atoms with E-state index in [-0.39, 0.29) is 10.9 Å². The highest BCUT2D eigenvalue weighted by Gasteiger charge is 2.29. The van der Waals surface area contributed by atoms with Crippen molar-refractivity contribution in [3.05, 3.63) is 35.4 Å². The molecular weight excluding hydrogens is 369 g/mol. The molecule has 0 bridgehead atoms. The Balaban J connectivity index is 3.22. The first-order valence-corrected chi connectivity index (χ1v) is 17.7. The average molecular weight is 403 g/mol. The van der Waals surface area contributed by atoms with Gasteiger partial charge >= 0.3 is 0 Å². The highest BCUT2D eigenvalue weighted by molar-refractivity contribution is 7.99. The molecule has 0 aliphatic carbocycles. The van der Waals surface area contributed by atoms with Gasteiger partial charge in [0.1, 0.15) is 10.9 Å². The molecule has 0 saturated heterocycles. The maximum Gasteiger partial charge on any atom is 0.185 e. The molecule has 0 aromatic heterocycles. The topological polar surface area (TPSA) is 18.5 Å². The van der Waals surface area contributed by atoms with Crippen LogP contribution < -0.4 is 0 Å². The Labute approximate surface area is 159 Å². The SMILES string of the molecule is CCS[C@H](O[Si](C)(C)C)c1ccccc1[C@@H](O[Si](C)(C)C)SCC. The lowest BCUT2D eigenvalue weighted by molar-refractivity contribution is 0.266. The minimum Gasteiger partial charge on any atom is -0.402 e. The van der Waals surface area contributed by atoms with Crippen LogP contribution in [0.25, 0.3) is 0 Å². The summed E-state index contributed by atoms with van der Waals surface area (Å²) in [5.41, 5.74) is 2.78. The normalized spacial score (nSPS) is 15.3. The zero-order valence-electron chi connectivity index (χ0n) is 16.5. The summed E-state index contributed by atoms with van der Waals surface area (Å²) in [6.45, 7) is 18.0. The van der Waals surface area contributed by atoms with Gasteiger partial charge in [0.2, 0.25) is 0 Å². The second-order valence-electron chi connectivity index (χ2n) is 7.66. The maximum atomic E-state index is 6.51. The zero-order chi connectivity index (χ0) is 18.4. The Morgan fingerprint density at radius 3 is 1.33 bits per heavy atom. The van der Waals surface area contributed by atoms with E-state index in [9.17, 15) is 0 Å². The fourth-order valence-corrected chi connectivity index (χ4v) is 7.47. The molecule has 1 rings (SSSR count). The minimum atomic E-state index is -1.62. The fraction of sp³-hybridized carbons (Fsp3) is 0.667. The van der Waals surface area contributed by atoms with Crippen LogP contribution >= 0.6 is 23.5 Å². The average Bonchev–Trinajstić information content (AvgIpc) is 2.44. The molecular formula is C18H34O2S2Si2. The molecule has 0 saturated carbocycles. The highest BCUT2D eigenvalue weighted by Crippen LogP contribution is 2.41. The van der Waals surface area contributed by atoms with Crippen molar-refractivity contribution >= 4 is 40.2 Å². The fourth-order valence-electron chi connectivity index (χ4n) is 2.26. The Kier molecular flexibility index (Phi) is 9.14. The number of thioether (sulfide) groups is 2. The lowest BCUT2D eigenvalue weighted by Crippen LogP contribution is -2.29. The predicted molar refractivity (Wildman–Crippen MR) is 117 cm³/mol. The van der Waals surface area contributed by atoms with Crippen molar-refractivity contribution in [1.29, 1.82) is 0 Å². The van der Waals surface area contributed by atoms with Gasteiger partial charge in [-0.15, -0.1) is 23.5 Å². The molecule has 6 heteroatoms. The molecule has 24 heavy (non-hydrogen) atoms. The Hall–Kier alpha value is 0.274. The van der Waals surface area contributed by atoms with E-state index in [4.69, 9.17) is 8.85 Å². The van der Waals surface area contributed by atoms with E-state index >= 15 is 0 Å². The van der Waals surface area contributed by atoms with Crippen LogP contribution in [0.15, 0.2) is 24.3 Å². The van der Waals surface area contributed by atoms with E-state index in [2.05, 4.69) is 77.4 Å². The first-order chi connectivity index (χ1) is 11.1. The van der Waals surface area contributed by atoms with Gasteiger partial charge in [0.15, 0.2) is 16.6 Å². The lowest BCUT2D eigenvalue weighted by Gasteiger charge is -2.31. The second kappa shape index (κ2) is 9.83. The van der Waals surface area contributed by atoms with Crippen LogP contribution in [0.2, 0.25) is 39.3 Å². The van der Waals surface area contributed by atoms with Gasteiger partial charge in [0.25, 0.3) is 0 Å². The second-order valence-corrected chi connectivity index (χ2v) is 19.3. The molecule has 138 valence electrons. The number of hydrogen-bond donors (Lipinski definition) is 0. The molecule has 2 atom stereocenters. The molecule has 0 spiro atoms. The monoisotopic (exact) mass is 402 g/mol. The molecule has 0 unspecified atom stereocenters. The number of benzene rings is 1. The highest BCUT2D eigenvalue weighted by atomic mass is 32.2. The van der Waals surface area contributed by atoms with Crippen molar-refractivity contribution in [2.24, 2.45) is 0 Å². The summed E-state index contributed by atoms with van der Waals surface area (Å²) >= 11 is 3.77. The van der Waals surface area contributed by atoms with E-state index in [1.807, 2.05) is 23.5 Å². The first kappa shape index (κ1) is 22.3. The molecule has 1 aromatic rings. The van der Waals surface area contributed by atoms with Crippen LogP contribution in [0.3, 0.4) is 0 Å². The van der Waals surface area contributed by atoms with Crippen molar-refractivity contribution in [2.75, 3.05) is 11.5 Å². The summed E-state index contributed by atoms with van der Waals surface area (Å²) in [7, 11) is -3.25. The van der Waals surface area contributed by atoms with Gasteiger partial charge in [-0.2, -0.15) is 0 Å². The standard InChI is InChI=1S/C18H34O2S2Si2/c1-9-21-17(19-23(3,4)5)15-13-11-12-14-16(15)18(22-10-2)20-24(6,7)8/h11-14,17-18H,9-10H2,1-8H3/t17-,18-/m0/s1. The summed E-state index contributed by atoms with van der Waals surface area (Å²) in [6.07, 6.45) is 0.